The molecule has 0 spiro atoms. The number of aryl methyl sites for hydroxylation is 1. The minimum absolute atomic E-state index is 0.0482. The molecule has 0 aromatic heterocycles. The molecule has 0 unspecified atom stereocenters. The second-order valence-electron chi connectivity index (χ2n) is 15.1. The van der Waals surface area contributed by atoms with Crippen molar-refractivity contribution in [1.82, 2.24) is 10.2 Å². The molecule has 1 saturated heterocycles. The lowest BCUT2D eigenvalue weighted by molar-refractivity contribution is -0.385. The molecule has 17 heteroatoms. The fourth-order valence-electron chi connectivity index (χ4n) is 5.83. The Kier molecular flexibility index (Phi) is 15.8. The summed E-state index contributed by atoms with van der Waals surface area (Å²) in [6, 6.07) is 4.37. The first-order chi connectivity index (χ1) is 25.3. The minimum atomic E-state index is -2.14. The van der Waals surface area contributed by atoms with Crippen LogP contribution in [0.25, 0.3) is 0 Å². The summed E-state index contributed by atoms with van der Waals surface area (Å²) >= 11 is 0. The van der Waals surface area contributed by atoms with Crippen molar-refractivity contribution < 1.29 is 48.3 Å². The quantitative estimate of drug-likeness (QED) is 0.0617. The molecular formula is C37H56N4O12Si. The number of unbranched alkanes of at least 4 members (excludes halogenated alkanes) is 2. The van der Waals surface area contributed by atoms with Crippen molar-refractivity contribution in [3.05, 3.63) is 61.2 Å². The number of nitro benzene ring substituents is 2. The number of methoxy groups -OCH3 is 1. The van der Waals surface area contributed by atoms with Crippen LogP contribution in [0.2, 0.25) is 18.1 Å². The first kappa shape index (κ1) is 44.1. The third-order valence-electron chi connectivity index (χ3n) is 10.1. The van der Waals surface area contributed by atoms with Gasteiger partial charge >= 0.3 is 0 Å². The van der Waals surface area contributed by atoms with Crippen molar-refractivity contribution in [1.29, 1.82) is 0 Å². The number of hydrogen-bond donors (Lipinski definition) is 3. The van der Waals surface area contributed by atoms with Crippen LogP contribution in [-0.4, -0.2) is 103 Å². The number of carbonyl (C=O) groups excluding carboxylic acids is 2. The van der Waals surface area contributed by atoms with Gasteiger partial charge in [-0.1, -0.05) is 27.7 Å². The Morgan fingerprint density at radius 3 is 2.13 bits per heavy atom. The molecule has 2 aromatic carbocycles. The van der Waals surface area contributed by atoms with Crippen molar-refractivity contribution in [2.24, 2.45) is 0 Å². The van der Waals surface area contributed by atoms with E-state index in [2.05, 4.69) is 39.2 Å². The Hall–Kier alpha value is -4.32. The number of carbonyl (C=O) groups is 2. The van der Waals surface area contributed by atoms with Gasteiger partial charge in [0, 0.05) is 25.3 Å². The summed E-state index contributed by atoms with van der Waals surface area (Å²) in [4.78, 5) is 50.8. The Bertz CT molecular complexity index is 1650. The van der Waals surface area contributed by atoms with Crippen molar-refractivity contribution >= 4 is 31.5 Å². The number of nitrogens with zero attached hydrogens (tertiary/aromatic N) is 3. The molecule has 0 aliphatic carbocycles. The monoisotopic (exact) mass is 776 g/mol. The Labute approximate surface area is 317 Å². The smallest absolute Gasteiger partial charge is 0.286 e. The molecule has 1 aliphatic heterocycles. The van der Waals surface area contributed by atoms with Crippen LogP contribution in [0.15, 0.2) is 24.3 Å². The van der Waals surface area contributed by atoms with E-state index in [9.17, 15) is 40.0 Å². The average molecular weight is 777 g/mol. The molecule has 3 atom stereocenters. The van der Waals surface area contributed by atoms with E-state index in [1.807, 2.05) is 6.92 Å². The molecular weight excluding hydrogens is 721 g/mol. The third-order valence-corrected chi connectivity index (χ3v) is 14.6. The highest BCUT2D eigenvalue weighted by atomic mass is 28.4. The van der Waals surface area contributed by atoms with Crippen LogP contribution in [0, 0.1) is 27.2 Å². The topological polar surface area (TPSA) is 213 Å². The second-order valence-corrected chi connectivity index (χ2v) is 19.9. The van der Waals surface area contributed by atoms with E-state index in [0.29, 0.717) is 44.1 Å². The normalized spacial score (nSPS) is 16.5. The zero-order valence-corrected chi connectivity index (χ0v) is 33.6. The van der Waals surface area contributed by atoms with E-state index < -0.39 is 47.8 Å². The third kappa shape index (κ3) is 11.3. The number of amides is 2. The molecule has 0 radical (unpaired) electrons. The van der Waals surface area contributed by atoms with Gasteiger partial charge in [0.05, 0.1) is 61.1 Å². The fraction of sp³-hybridized carbons (Fsp3) is 0.622. The predicted octanol–water partition coefficient (Wildman–Crippen LogP) is 5.94. The van der Waals surface area contributed by atoms with E-state index in [1.54, 1.807) is 6.92 Å². The van der Waals surface area contributed by atoms with Crippen LogP contribution in [0.3, 0.4) is 0 Å². The number of nitrogens with one attached hydrogen (secondary N) is 1. The molecule has 3 rings (SSSR count). The maximum absolute atomic E-state index is 13.7. The molecule has 3 N–H and O–H groups in total. The van der Waals surface area contributed by atoms with Gasteiger partial charge in [-0.3, -0.25) is 29.8 Å². The number of likely N-dealkylation sites (tertiary alicyclic amines) is 1. The van der Waals surface area contributed by atoms with Crippen LogP contribution in [0.5, 0.6) is 17.2 Å². The standard InChI is InChI=1S/C37H56N4O12Si/c1-9-25(13-14-42)38-35(44)28-19-33(50-6)34(21-30(28)40(46)47)52-16-12-10-11-15-51-32-20-31(41(48)49)29(17-24(32)2)36(45)39-22-27(43)18-26(39)23-53-54(7,8)37(3,4)5/h17,19-21,25-27,42-43H,9-16,18,22-23H2,1-8H3,(H,38,44)/t25-,26+,27-/m1/s1. The maximum Gasteiger partial charge on any atom is 0.286 e. The van der Waals surface area contributed by atoms with E-state index >= 15 is 0 Å². The lowest BCUT2D eigenvalue weighted by Gasteiger charge is -2.38. The summed E-state index contributed by atoms with van der Waals surface area (Å²) in [5.74, 6) is -0.665. The Morgan fingerprint density at radius 2 is 1.57 bits per heavy atom. The van der Waals surface area contributed by atoms with Crippen LogP contribution < -0.4 is 19.5 Å². The van der Waals surface area contributed by atoms with Crippen molar-refractivity contribution in [3.8, 4) is 17.2 Å². The molecule has 1 heterocycles. The Balaban J connectivity index is 1.60. The van der Waals surface area contributed by atoms with Crippen molar-refractivity contribution in [2.45, 2.75) is 109 Å². The number of β-amino-alcohol motifs (C(OH)–C–C–N with tert-alkyl or cyclic N) is 1. The highest BCUT2D eigenvalue weighted by Crippen LogP contribution is 2.38. The number of ether oxygens (including phenoxy) is 3. The van der Waals surface area contributed by atoms with E-state index in [4.69, 9.17) is 18.6 Å². The maximum atomic E-state index is 13.7. The number of hydrogen-bond acceptors (Lipinski definition) is 12. The first-order valence-electron chi connectivity index (χ1n) is 18.3. The Morgan fingerprint density at radius 1 is 0.981 bits per heavy atom. The molecule has 1 aliphatic rings. The molecule has 1 fully saturated rings. The van der Waals surface area contributed by atoms with Gasteiger partial charge in [-0.25, -0.2) is 0 Å². The predicted molar refractivity (Wildman–Crippen MR) is 204 cm³/mol. The summed E-state index contributed by atoms with van der Waals surface area (Å²) in [5, 5.41) is 46.3. The lowest BCUT2D eigenvalue weighted by Crippen LogP contribution is -2.46. The summed E-state index contributed by atoms with van der Waals surface area (Å²) in [6.45, 7) is 14.7. The molecule has 2 aromatic rings. The number of aliphatic hydroxyl groups is 2. The van der Waals surface area contributed by atoms with Gasteiger partial charge in [0.15, 0.2) is 19.8 Å². The number of nitro groups is 2. The highest BCUT2D eigenvalue weighted by molar-refractivity contribution is 6.74. The highest BCUT2D eigenvalue weighted by Gasteiger charge is 2.42. The van der Waals surface area contributed by atoms with Crippen LogP contribution >= 0.6 is 0 Å². The summed E-state index contributed by atoms with van der Waals surface area (Å²) in [6.07, 6.45) is 2.14. The van der Waals surface area contributed by atoms with Gasteiger partial charge in [0.2, 0.25) is 0 Å². The molecule has 0 saturated carbocycles. The fourth-order valence-corrected chi connectivity index (χ4v) is 6.87. The average Bonchev–Trinajstić information content (AvgIpc) is 3.49. The minimum Gasteiger partial charge on any atom is -0.493 e. The van der Waals surface area contributed by atoms with Gasteiger partial charge < -0.3 is 39.1 Å². The number of benzene rings is 2. The number of aliphatic hydroxyl groups excluding tert-OH is 2. The SMILES string of the molecule is CC[C@H](CCO)NC(=O)c1cc(OC)c(OCCCCCOc2cc([N+](=O)[O-])c(C(=O)N3C[C@H](O)C[C@H]3CO[Si](C)(C)C(C)(C)C)cc2C)cc1[N+](=O)[O-]. The largest absolute Gasteiger partial charge is 0.493 e. The summed E-state index contributed by atoms with van der Waals surface area (Å²) < 4.78 is 23.4. The summed E-state index contributed by atoms with van der Waals surface area (Å²) in [5.41, 5.74) is -0.547. The molecule has 300 valence electrons. The first-order valence-corrected chi connectivity index (χ1v) is 21.2. The van der Waals surface area contributed by atoms with Gasteiger partial charge in [-0.05, 0) is 75.2 Å². The van der Waals surface area contributed by atoms with Gasteiger partial charge in [-0.2, -0.15) is 0 Å². The number of rotatable bonds is 20. The van der Waals surface area contributed by atoms with E-state index in [1.165, 1.54) is 30.2 Å². The molecule has 54 heavy (non-hydrogen) atoms. The van der Waals surface area contributed by atoms with Gasteiger partial charge in [-0.15, -0.1) is 0 Å². The van der Waals surface area contributed by atoms with Crippen LogP contribution in [-0.2, 0) is 4.43 Å². The van der Waals surface area contributed by atoms with Crippen molar-refractivity contribution in [3.63, 3.8) is 0 Å². The van der Waals surface area contributed by atoms with E-state index in [-0.39, 0.29) is 78.1 Å². The van der Waals surface area contributed by atoms with Crippen molar-refractivity contribution in [2.75, 3.05) is 40.1 Å². The second kappa shape index (κ2) is 19.3. The van der Waals surface area contributed by atoms with Crippen LogP contribution in [0.4, 0.5) is 11.4 Å². The lowest BCUT2D eigenvalue weighted by atomic mass is 10.1. The van der Waals surface area contributed by atoms with Crippen LogP contribution in [0.1, 0.15) is 92.5 Å². The molecule has 16 nitrogen and oxygen atoms in total. The molecule has 2 amide bonds. The molecule has 0 bridgehead atoms. The summed E-state index contributed by atoms with van der Waals surface area (Å²) in [7, 11) is -0.779. The van der Waals surface area contributed by atoms with Gasteiger partial charge in [0.1, 0.15) is 16.9 Å². The van der Waals surface area contributed by atoms with Gasteiger partial charge in [0.25, 0.3) is 23.2 Å². The zero-order chi connectivity index (χ0) is 40.4. The zero-order valence-electron chi connectivity index (χ0n) is 32.6. The van der Waals surface area contributed by atoms with E-state index in [0.717, 1.165) is 6.07 Å².